The van der Waals surface area contributed by atoms with Crippen molar-refractivity contribution in [3.8, 4) is 0 Å². The average molecular weight is 321 g/mol. The first-order valence-electron chi connectivity index (χ1n) is 6.97. The minimum atomic E-state index is -0.132. The summed E-state index contributed by atoms with van der Waals surface area (Å²) in [6.07, 6.45) is 4.03. The molecule has 0 bridgehead atoms. The van der Waals surface area contributed by atoms with E-state index >= 15 is 0 Å². The molecule has 1 N–H and O–H groups in total. The van der Waals surface area contributed by atoms with Crippen LogP contribution in [-0.4, -0.2) is 22.4 Å². The predicted molar refractivity (Wildman–Crippen MR) is 89.4 cm³/mol. The van der Waals surface area contributed by atoms with Gasteiger partial charge in [0.25, 0.3) is 5.91 Å². The lowest BCUT2D eigenvalue weighted by Gasteiger charge is -2.06. The lowest BCUT2D eigenvalue weighted by molar-refractivity contribution is 0.102. The van der Waals surface area contributed by atoms with Crippen LogP contribution in [0.2, 0.25) is 0 Å². The molecule has 0 aliphatic carbocycles. The zero-order valence-corrected chi connectivity index (χ0v) is 14.1. The second-order valence-corrected chi connectivity index (χ2v) is 6.47. The molecule has 0 aliphatic heterocycles. The minimum Gasteiger partial charge on any atom is -0.296 e. The minimum absolute atomic E-state index is 0.132. The normalized spacial score (nSPS) is 10.9. The maximum atomic E-state index is 12.3. The molecule has 0 unspecified atom stereocenters. The van der Waals surface area contributed by atoms with E-state index in [2.05, 4.69) is 29.4 Å². The summed E-state index contributed by atoms with van der Waals surface area (Å²) in [5, 5.41) is 12.7. The first kappa shape index (κ1) is 16.0. The summed E-state index contributed by atoms with van der Waals surface area (Å²) in [7, 11) is 0. The van der Waals surface area contributed by atoms with Crippen LogP contribution in [0, 0.1) is 0 Å². The lowest BCUT2D eigenvalue weighted by Crippen LogP contribution is -2.12. The van der Waals surface area contributed by atoms with Crippen LogP contribution >= 0.6 is 23.1 Å². The van der Waals surface area contributed by atoms with Gasteiger partial charge in [-0.25, -0.2) is 0 Å². The molecule has 6 heteroatoms. The van der Waals surface area contributed by atoms with Crippen molar-refractivity contribution in [3.63, 3.8) is 0 Å². The van der Waals surface area contributed by atoms with Crippen molar-refractivity contribution < 1.29 is 4.79 Å². The average Bonchev–Trinajstić information content (AvgIpc) is 2.96. The van der Waals surface area contributed by atoms with Gasteiger partial charge in [0.1, 0.15) is 5.01 Å². The van der Waals surface area contributed by atoms with E-state index in [1.165, 1.54) is 11.3 Å². The summed E-state index contributed by atoms with van der Waals surface area (Å²) in [5.41, 5.74) is 0.671. The summed E-state index contributed by atoms with van der Waals surface area (Å²) in [6.45, 7) is 4.28. The van der Waals surface area contributed by atoms with Gasteiger partial charge in [-0.3, -0.25) is 10.1 Å². The third kappa shape index (κ3) is 3.83. The van der Waals surface area contributed by atoms with Gasteiger partial charge in [-0.15, -0.1) is 22.0 Å². The van der Waals surface area contributed by atoms with Crippen LogP contribution < -0.4 is 5.32 Å². The molecule has 0 radical (unpaired) electrons. The predicted octanol–water partition coefficient (Wildman–Crippen LogP) is 4.42. The molecule has 1 aromatic carbocycles. The number of carbonyl (C=O) groups excluding carboxylic acids is 1. The second-order valence-electron chi connectivity index (χ2n) is 4.61. The van der Waals surface area contributed by atoms with Gasteiger partial charge in [-0.2, -0.15) is 0 Å². The highest BCUT2D eigenvalue weighted by Crippen LogP contribution is 2.28. The van der Waals surface area contributed by atoms with E-state index in [1.54, 1.807) is 11.8 Å². The molecular formula is C15H19N3OS2. The second kappa shape index (κ2) is 7.56. The van der Waals surface area contributed by atoms with Gasteiger partial charge in [0, 0.05) is 10.8 Å². The first-order chi connectivity index (χ1) is 10.2. The fraction of sp³-hybridized carbons (Fsp3) is 0.400. The van der Waals surface area contributed by atoms with E-state index in [1.807, 2.05) is 30.5 Å². The number of nitrogens with one attached hydrogen (secondary N) is 1. The summed E-state index contributed by atoms with van der Waals surface area (Å²) in [4.78, 5) is 13.3. The van der Waals surface area contributed by atoms with Crippen LogP contribution in [0.25, 0.3) is 0 Å². The number of hydrogen-bond acceptors (Lipinski definition) is 5. The van der Waals surface area contributed by atoms with Gasteiger partial charge in [-0.1, -0.05) is 37.3 Å². The van der Waals surface area contributed by atoms with E-state index < -0.39 is 0 Å². The Morgan fingerprint density at radius 1 is 1.29 bits per heavy atom. The van der Waals surface area contributed by atoms with E-state index in [0.29, 0.717) is 16.6 Å². The number of aromatic nitrogens is 2. The number of hydrogen-bond donors (Lipinski definition) is 1. The Hall–Kier alpha value is -1.40. The molecule has 0 spiro atoms. The van der Waals surface area contributed by atoms with Gasteiger partial charge in [0.2, 0.25) is 5.13 Å². The standard InChI is InChI=1S/C15H19N3OS2/c1-4-10(5-2)14-17-18-15(21-14)16-13(19)11-8-6-7-9-12(11)20-3/h6-10H,4-5H2,1-3H3,(H,16,18,19). The van der Waals surface area contributed by atoms with Crippen molar-refractivity contribution >= 4 is 34.1 Å². The summed E-state index contributed by atoms with van der Waals surface area (Å²) >= 11 is 3.02. The topological polar surface area (TPSA) is 54.9 Å². The van der Waals surface area contributed by atoms with Crippen molar-refractivity contribution in [3.05, 3.63) is 34.8 Å². The van der Waals surface area contributed by atoms with E-state index in [4.69, 9.17) is 0 Å². The molecule has 0 saturated heterocycles. The number of anilines is 1. The SMILES string of the molecule is CCC(CC)c1nnc(NC(=O)c2ccccc2SC)s1. The molecule has 0 saturated carbocycles. The highest BCUT2D eigenvalue weighted by molar-refractivity contribution is 7.98. The molecular weight excluding hydrogens is 302 g/mol. The summed E-state index contributed by atoms with van der Waals surface area (Å²) in [6, 6.07) is 7.56. The third-order valence-corrected chi connectivity index (χ3v) is 5.14. The zero-order valence-electron chi connectivity index (χ0n) is 12.4. The van der Waals surface area contributed by atoms with Gasteiger partial charge >= 0.3 is 0 Å². The number of rotatable bonds is 6. The van der Waals surface area contributed by atoms with Crippen molar-refractivity contribution in [2.75, 3.05) is 11.6 Å². The van der Waals surface area contributed by atoms with Crippen LogP contribution in [0.3, 0.4) is 0 Å². The molecule has 1 heterocycles. The van der Waals surface area contributed by atoms with E-state index in [-0.39, 0.29) is 5.91 Å². The molecule has 0 fully saturated rings. The molecule has 0 aliphatic rings. The number of benzene rings is 1. The van der Waals surface area contributed by atoms with E-state index in [9.17, 15) is 4.79 Å². The van der Waals surface area contributed by atoms with Crippen LogP contribution in [0.4, 0.5) is 5.13 Å². The first-order valence-corrected chi connectivity index (χ1v) is 9.01. The number of thioether (sulfide) groups is 1. The maximum Gasteiger partial charge on any atom is 0.258 e. The zero-order chi connectivity index (χ0) is 15.2. The van der Waals surface area contributed by atoms with Gasteiger partial charge in [0.15, 0.2) is 0 Å². The number of nitrogens with zero attached hydrogens (tertiary/aromatic N) is 2. The van der Waals surface area contributed by atoms with Gasteiger partial charge < -0.3 is 0 Å². The fourth-order valence-electron chi connectivity index (χ4n) is 2.08. The van der Waals surface area contributed by atoms with Crippen molar-refractivity contribution in [2.45, 2.75) is 37.5 Å². The Bertz CT molecular complexity index is 608. The summed E-state index contributed by atoms with van der Waals surface area (Å²) < 4.78 is 0. The Morgan fingerprint density at radius 3 is 2.67 bits per heavy atom. The molecule has 0 atom stereocenters. The molecule has 4 nitrogen and oxygen atoms in total. The Kier molecular flexibility index (Phi) is 5.76. The molecule has 112 valence electrons. The quantitative estimate of drug-likeness (QED) is 0.800. The molecule has 2 rings (SSSR count). The van der Waals surface area contributed by atoms with Crippen molar-refractivity contribution in [1.82, 2.24) is 10.2 Å². The van der Waals surface area contributed by atoms with Crippen LogP contribution in [-0.2, 0) is 0 Å². The number of amides is 1. The van der Waals surface area contributed by atoms with Crippen molar-refractivity contribution in [2.24, 2.45) is 0 Å². The van der Waals surface area contributed by atoms with Crippen LogP contribution in [0.1, 0.15) is 48.0 Å². The van der Waals surface area contributed by atoms with Crippen LogP contribution in [0.5, 0.6) is 0 Å². The Balaban J connectivity index is 2.13. The highest BCUT2D eigenvalue weighted by Gasteiger charge is 2.16. The highest BCUT2D eigenvalue weighted by atomic mass is 32.2. The monoisotopic (exact) mass is 321 g/mol. The molecule has 1 aromatic heterocycles. The lowest BCUT2D eigenvalue weighted by atomic mass is 10.1. The smallest absolute Gasteiger partial charge is 0.258 e. The Labute approximate surface area is 133 Å². The molecule has 2 aromatic rings. The Morgan fingerprint density at radius 2 is 2.00 bits per heavy atom. The third-order valence-electron chi connectivity index (χ3n) is 3.35. The largest absolute Gasteiger partial charge is 0.296 e. The molecule has 1 amide bonds. The maximum absolute atomic E-state index is 12.3. The van der Waals surface area contributed by atoms with Crippen molar-refractivity contribution in [1.29, 1.82) is 0 Å². The fourth-order valence-corrected chi connectivity index (χ4v) is 3.69. The molecule has 21 heavy (non-hydrogen) atoms. The summed E-state index contributed by atoms with van der Waals surface area (Å²) in [5.74, 6) is 0.291. The van der Waals surface area contributed by atoms with Crippen LogP contribution in [0.15, 0.2) is 29.2 Å². The van der Waals surface area contributed by atoms with Gasteiger partial charge in [0.05, 0.1) is 5.56 Å². The van der Waals surface area contributed by atoms with E-state index in [0.717, 1.165) is 22.7 Å². The van der Waals surface area contributed by atoms with Gasteiger partial charge in [-0.05, 0) is 31.2 Å². The number of carbonyl (C=O) groups is 1.